The summed E-state index contributed by atoms with van der Waals surface area (Å²) in [5.74, 6) is 0.499. The van der Waals surface area contributed by atoms with Crippen LogP contribution in [0.4, 0.5) is 0 Å². The maximum Gasteiger partial charge on any atom is 0.0957 e. The van der Waals surface area contributed by atoms with E-state index in [-0.39, 0.29) is 12.1 Å². The fourth-order valence-electron chi connectivity index (χ4n) is 3.85. The summed E-state index contributed by atoms with van der Waals surface area (Å²) < 4.78 is 2.24. The summed E-state index contributed by atoms with van der Waals surface area (Å²) in [6.07, 6.45) is 10.8. The van der Waals surface area contributed by atoms with Crippen LogP contribution in [0.25, 0.3) is 10.6 Å². The summed E-state index contributed by atoms with van der Waals surface area (Å²) >= 11 is 1.78. The minimum Gasteiger partial charge on any atom is -0.393 e. The van der Waals surface area contributed by atoms with Crippen molar-refractivity contribution >= 4 is 11.3 Å². The minimum atomic E-state index is -0.179. The largest absolute Gasteiger partial charge is 0.393 e. The number of rotatable bonds is 3. The van der Waals surface area contributed by atoms with Crippen LogP contribution in [0.15, 0.2) is 24.0 Å². The first kappa shape index (κ1) is 12.6. The highest BCUT2D eigenvalue weighted by atomic mass is 32.1. The average molecular weight is 288 g/mol. The smallest absolute Gasteiger partial charge is 0.0957 e. The number of aliphatic hydroxyl groups is 1. The van der Waals surface area contributed by atoms with Crippen LogP contribution in [0.3, 0.4) is 0 Å². The number of hydrogen-bond acceptors (Lipinski definition) is 3. The number of aliphatic hydroxyl groups excluding tert-OH is 1. The Morgan fingerprint density at radius 2 is 2.20 bits per heavy atom. The van der Waals surface area contributed by atoms with E-state index in [0.29, 0.717) is 5.92 Å². The van der Waals surface area contributed by atoms with Gasteiger partial charge in [0, 0.05) is 0 Å². The van der Waals surface area contributed by atoms with Crippen LogP contribution in [0.1, 0.15) is 50.1 Å². The molecule has 0 bridgehead atoms. The standard InChI is InChI=1S/C16H20N2OS/c19-15(11-4-2-1-3-5-11)8-13-12-6-7-20-16(12)14-9-17-10-18(13)14/h6-7,9-11,13,15,19H,1-5,8H2/t13-,15+/m0/s1. The molecule has 3 heterocycles. The minimum absolute atomic E-state index is 0.179. The lowest BCUT2D eigenvalue weighted by Crippen LogP contribution is -2.26. The third-order valence-electron chi connectivity index (χ3n) is 4.95. The van der Waals surface area contributed by atoms with Gasteiger partial charge >= 0.3 is 0 Å². The molecule has 4 rings (SSSR count). The van der Waals surface area contributed by atoms with Crippen molar-refractivity contribution in [2.75, 3.05) is 0 Å². The molecule has 1 saturated carbocycles. The Balaban J connectivity index is 1.57. The molecule has 0 unspecified atom stereocenters. The molecule has 1 N–H and O–H groups in total. The second-order valence-corrected chi connectivity index (χ2v) is 7.02. The SMILES string of the molecule is O[C@H](C[C@H]1c2ccsc2-c2cncn21)C1CCCCC1. The first-order chi connectivity index (χ1) is 9.84. The van der Waals surface area contributed by atoms with E-state index < -0.39 is 0 Å². The zero-order chi connectivity index (χ0) is 13.5. The second kappa shape index (κ2) is 5.01. The quantitative estimate of drug-likeness (QED) is 0.931. The van der Waals surface area contributed by atoms with Crippen molar-refractivity contribution in [3.63, 3.8) is 0 Å². The maximum absolute atomic E-state index is 10.6. The molecule has 4 heteroatoms. The molecule has 2 atom stereocenters. The van der Waals surface area contributed by atoms with Gasteiger partial charge in [0.25, 0.3) is 0 Å². The van der Waals surface area contributed by atoms with Crippen LogP contribution >= 0.6 is 11.3 Å². The predicted octanol–water partition coefficient (Wildman–Crippen LogP) is 3.85. The van der Waals surface area contributed by atoms with E-state index in [4.69, 9.17) is 0 Å². The first-order valence-corrected chi connectivity index (χ1v) is 8.50. The molecule has 0 spiro atoms. The predicted molar refractivity (Wildman–Crippen MR) is 80.9 cm³/mol. The number of thiophene rings is 1. The summed E-state index contributed by atoms with van der Waals surface area (Å²) in [7, 11) is 0. The molecule has 3 nitrogen and oxygen atoms in total. The van der Waals surface area contributed by atoms with E-state index >= 15 is 0 Å². The Kier molecular flexibility index (Phi) is 3.15. The third kappa shape index (κ3) is 1.93. The highest BCUT2D eigenvalue weighted by molar-refractivity contribution is 7.13. The molecule has 2 aliphatic rings. The Labute approximate surface area is 123 Å². The van der Waals surface area contributed by atoms with Crippen LogP contribution in [0, 0.1) is 5.92 Å². The molecule has 1 aliphatic carbocycles. The third-order valence-corrected chi connectivity index (χ3v) is 5.90. The molecule has 2 aromatic heterocycles. The van der Waals surface area contributed by atoms with E-state index in [1.165, 1.54) is 48.2 Å². The van der Waals surface area contributed by atoms with E-state index in [2.05, 4.69) is 21.0 Å². The summed E-state index contributed by atoms with van der Waals surface area (Å²) in [6.45, 7) is 0. The molecule has 106 valence electrons. The van der Waals surface area contributed by atoms with E-state index in [1.54, 1.807) is 11.3 Å². The Morgan fingerprint density at radius 3 is 3.05 bits per heavy atom. The van der Waals surface area contributed by atoms with Crippen molar-refractivity contribution in [2.45, 2.75) is 50.7 Å². The van der Waals surface area contributed by atoms with Crippen LogP contribution in [0.2, 0.25) is 0 Å². The molecule has 0 aromatic carbocycles. The summed E-state index contributed by atoms with van der Waals surface area (Å²) in [5, 5.41) is 12.8. The zero-order valence-corrected chi connectivity index (χ0v) is 12.4. The van der Waals surface area contributed by atoms with Gasteiger partial charge in [0.1, 0.15) is 0 Å². The van der Waals surface area contributed by atoms with Gasteiger partial charge in [-0.05, 0) is 42.2 Å². The first-order valence-electron chi connectivity index (χ1n) is 7.62. The lowest BCUT2D eigenvalue weighted by molar-refractivity contribution is 0.0687. The zero-order valence-electron chi connectivity index (χ0n) is 11.5. The van der Waals surface area contributed by atoms with Crippen molar-refractivity contribution in [1.82, 2.24) is 9.55 Å². The van der Waals surface area contributed by atoms with Crippen molar-refractivity contribution in [2.24, 2.45) is 5.92 Å². The Bertz CT molecular complexity index is 557. The summed E-state index contributed by atoms with van der Waals surface area (Å²) in [4.78, 5) is 5.62. The van der Waals surface area contributed by atoms with Crippen molar-refractivity contribution in [1.29, 1.82) is 0 Å². The van der Waals surface area contributed by atoms with Gasteiger partial charge in [-0.1, -0.05) is 19.3 Å². The van der Waals surface area contributed by atoms with Crippen LogP contribution < -0.4 is 0 Å². The Hall–Kier alpha value is -1.13. The fourth-order valence-corrected chi connectivity index (χ4v) is 4.82. The lowest BCUT2D eigenvalue weighted by Gasteiger charge is -2.28. The van der Waals surface area contributed by atoms with Gasteiger partial charge < -0.3 is 9.67 Å². The van der Waals surface area contributed by atoms with Gasteiger partial charge in [0.2, 0.25) is 0 Å². The number of fused-ring (bicyclic) bond motifs is 3. The van der Waals surface area contributed by atoms with Crippen molar-refractivity contribution in [3.8, 4) is 10.6 Å². The average Bonchev–Trinajstić information content (AvgIpc) is 3.16. The van der Waals surface area contributed by atoms with E-state index in [9.17, 15) is 5.11 Å². The van der Waals surface area contributed by atoms with Crippen molar-refractivity contribution in [3.05, 3.63) is 29.5 Å². The lowest BCUT2D eigenvalue weighted by atomic mass is 9.82. The highest BCUT2D eigenvalue weighted by Crippen LogP contribution is 2.45. The molecule has 1 aliphatic heterocycles. The van der Waals surface area contributed by atoms with E-state index in [1.807, 2.05) is 12.5 Å². The van der Waals surface area contributed by atoms with Gasteiger partial charge in [0.15, 0.2) is 0 Å². The van der Waals surface area contributed by atoms with E-state index in [0.717, 1.165) is 6.42 Å². The van der Waals surface area contributed by atoms with Crippen LogP contribution in [0.5, 0.6) is 0 Å². The molecule has 2 aromatic rings. The van der Waals surface area contributed by atoms with Crippen LogP contribution in [-0.4, -0.2) is 20.8 Å². The van der Waals surface area contributed by atoms with Gasteiger partial charge in [-0.25, -0.2) is 4.98 Å². The van der Waals surface area contributed by atoms with Gasteiger partial charge in [-0.2, -0.15) is 0 Å². The highest BCUT2D eigenvalue weighted by Gasteiger charge is 2.33. The molecule has 0 radical (unpaired) electrons. The second-order valence-electron chi connectivity index (χ2n) is 6.11. The molecular weight excluding hydrogens is 268 g/mol. The maximum atomic E-state index is 10.6. The van der Waals surface area contributed by atoms with Gasteiger partial charge in [-0.15, -0.1) is 11.3 Å². The van der Waals surface area contributed by atoms with Crippen LogP contribution in [-0.2, 0) is 0 Å². The topological polar surface area (TPSA) is 38.1 Å². The fraction of sp³-hybridized carbons (Fsp3) is 0.562. The molecule has 0 saturated heterocycles. The molecule has 20 heavy (non-hydrogen) atoms. The number of nitrogens with zero attached hydrogens (tertiary/aromatic N) is 2. The van der Waals surface area contributed by atoms with Gasteiger partial charge in [0.05, 0.1) is 35.2 Å². The number of hydrogen-bond donors (Lipinski definition) is 1. The summed E-state index contributed by atoms with van der Waals surface area (Å²) in [6, 6.07) is 2.50. The molecular formula is C16H20N2OS. The molecule has 0 amide bonds. The summed E-state index contributed by atoms with van der Waals surface area (Å²) in [5.41, 5.74) is 2.60. The normalized spacial score (nSPS) is 23.6. The number of aromatic nitrogens is 2. The van der Waals surface area contributed by atoms with Crippen molar-refractivity contribution < 1.29 is 5.11 Å². The number of imidazole rings is 1. The molecule has 1 fully saturated rings. The Morgan fingerprint density at radius 1 is 1.35 bits per heavy atom. The van der Waals surface area contributed by atoms with Gasteiger partial charge in [-0.3, -0.25) is 0 Å². The monoisotopic (exact) mass is 288 g/mol.